The number of carbonyl (C=O) groups excluding carboxylic acids is 1. The lowest BCUT2D eigenvalue weighted by Crippen LogP contribution is -2.20. The maximum atomic E-state index is 11.1. The zero-order valence-electron chi connectivity index (χ0n) is 6.55. The van der Waals surface area contributed by atoms with Gasteiger partial charge in [0.25, 0.3) is 0 Å². The fourth-order valence-electron chi connectivity index (χ4n) is 0.940. The van der Waals surface area contributed by atoms with Gasteiger partial charge in [0.2, 0.25) is 0 Å². The van der Waals surface area contributed by atoms with Crippen molar-refractivity contribution in [2.45, 2.75) is 31.3 Å². The minimum atomic E-state index is 0.165. The van der Waals surface area contributed by atoms with E-state index in [0.717, 1.165) is 0 Å². The zero-order chi connectivity index (χ0) is 7.72. The Balaban J connectivity index is 2.79. The predicted molar refractivity (Wildman–Crippen MR) is 45.3 cm³/mol. The van der Waals surface area contributed by atoms with E-state index < -0.39 is 0 Å². The number of rotatable bonds is 0. The van der Waals surface area contributed by atoms with Crippen molar-refractivity contribution in [2.24, 2.45) is 0 Å². The highest BCUT2D eigenvalue weighted by molar-refractivity contribution is 8.01. The molecule has 1 nitrogen and oxygen atoms in total. The topological polar surface area (TPSA) is 17.1 Å². The van der Waals surface area contributed by atoms with Gasteiger partial charge in [-0.3, -0.25) is 4.79 Å². The average Bonchev–Trinajstić information content (AvgIpc) is 1.84. The molecule has 1 aliphatic rings. The number of hydrogen-bond acceptors (Lipinski definition) is 2. The fourth-order valence-corrected chi connectivity index (χ4v) is 2.04. The Kier molecular flexibility index (Phi) is 2.19. The van der Waals surface area contributed by atoms with Crippen LogP contribution in [-0.4, -0.2) is 16.3 Å². The highest BCUT2D eigenvalue weighted by atomic mass is 32.2. The first-order valence-corrected chi connectivity index (χ1v) is 4.43. The van der Waals surface area contributed by atoms with Crippen LogP contribution in [0.3, 0.4) is 0 Å². The Labute approximate surface area is 65.9 Å². The van der Waals surface area contributed by atoms with E-state index in [0.29, 0.717) is 5.25 Å². The van der Waals surface area contributed by atoms with E-state index >= 15 is 0 Å². The second-order valence-electron chi connectivity index (χ2n) is 2.71. The summed E-state index contributed by atoms with van der Waals surface area (Å²) in [6.07, 6.45) is 1.77. The summed E-state index contributed by atoms with van der Waals surface area (Å²) in [6.45, 7) is 6.12. The Morgan fingerprint density at radius 2 is 2.00 bits per heavy atom. The first kappa shape index (κ1) is 7.86. The number of allylic oxidation sites excluding steroid dienone is 1. The lowest BCUT2D eigenvalue weighted by molar-refractivity contribution is -0.114. The van der Waals surface area contributed by atoms with Crippen LogP contribution in [0.5, 0.6) is 0 Å². The van der Waals surface area contributed by atoms with Gasteiger partial charge < -0.3 is 0 Å². The first-order chi connectivity index (χ1) is 4.61. The number of carbonyl (C=O) groups is 1. The molecule has 1 aliphatic heterocycles. The maximum absolute atomic E-state index is 11.1. The third-order valence-electron chi connectivity index (χ3n) is 1.82. The fraction of sp³-hybridized carbons (Fsp3) is 0.625. The van der Waals surface area contributed by atoms with Gasteiger partial charge in [-0.1, -0.05) is 5.57 Å². The summed E-state index contributed by atoms with van der Waals surface area (Å²) in [4.78, 5) is 11.1. The third-order valence-corrected chi connectivity index (χ3v) is 3.24. The van der Waals surface area contributed by atoms with E-state index in [2.05, 4.69) is 6.92 Å². The van der Waals surface area contributed by atoms with Crippen molar-refractivity contribution in [3.8, 4) is 0 Å². The first-order valence-electron chi connectivity index (χ1n) is 3.48. The Bertz CT molecular complexity index is 184. The molecule has 0 fully saturated rings. The predicted octanol–water partition coefficient (Wildman–Crippen LogP) is 2.03. The molecular formula is C8H12OS. The average molecular weight is 156 g/mol. The largest absolute Gasteiger partial charge is 0.294 e. The summed E-state index contributed by atoms with van der Waals surface area (Å²) in [5.74, 6) is 0.264. The number of ketones is 1. The quantitative estimate of drug-likeness (QED) is 0.534. The molecule has 0 amide bonds. The molecule has 0 aliphatic carbocycles. The second-order valence-corrected chi connectivity index (χ2v) is 4.40. The van der Waals surface area contributed by atoms with Gasteiger partial charge in [-0.25, -0.2) is 0 Å². The summed E-state index contributed by atoms with van der Waals surface area (Å²) >= 11 is 1.74. The van der Waals surface area contributed by atoms with Crippen LogP contribution >= 0.6 is 11.8 Å². The van der Waals surface area contributed by atoms with Gasteiger partial charge in [-0.15, -0.1) is 11.8 Å². The molecule has 1 rings (SSSR count). The smallest absolute Gasteiger partial charge is 0.168 e. The summed E-state index contributed by atoms with van der Waals surface area (Å²) in [7, 11) is 0. The molecule has 0 unspecified atom stereocenters. The van der Waals surface area contributed by atoms with E-state index in [4.69, 9.17) is 0 Å². The van der Waals surface area contributed by atoms with Crippen molar-refractivity contribution >= 4 is 17.5 Å². The minimum Gasteiger partial charge on any atom is -0.294 e. The van der Waals surface area contributed by atoms with Crippen LogP contribution in [0.1, 0.15) is 20.8 Å². The molecule has 0 spiro atoms. The summed E-state index contributed by atoms with van der Waals surface area (Å²) in [5, 5.41) is 0.686. The van der Waals surface area contributed by atoms with Gasteiger partial charge in [-0.05, 0) is 26.8 Å². The Morgan fingerprint density at radius 3 is 2.50 bits per heavy atom. The van der Waals surface area contributed by atoms with Gasteiger partial charge in [0.15, 0.2) is 5.78 Å². The van der Waals surface area contributed by atoms with Crippen LogP contribution in [0.15, 0.2) is 11.6 Å². The van der Waals surface area contributed by atoms with Crippen molar-refractivity contribution < 1.29 is 4.79 Å². The van der Waals surface area contributed by atoms with E-state index in [-0.39, 0.29) is 11.0 Å². The van der Waals surface area contributed by atoms with Crippen LogP contribution in [0.4, 0.5) is 0 Å². The summed E-state index contributed by atoms with van der Waals surface area (Å²) in [6, 6.07) is 0. The molecule has 10 heavy (non-hydrogen) atoms. The van der Waals surface area contributed by atoms with E-state index in [9.17, 15) is 4.79 Å². The van der Waals surface area contributed by atoms with Gasteiger partial charge in [0.05, 0.1) is 5.25 Å². The third kappa shape index (κ3) is 1.43. The second kappa shape index (κ2) is 2.79. The molecule has 2 heteroatoms. The molecule has 0 bridgehead atoms. The van der Waals surface area contributed by atoms with Crippen LogP contribution in [-0.2, 0) is 4.79 Å². The van der Waals surface area contributed by atoms with Gasteiger partial charge in [-0.2, -0.15) is 0 Å². The molecule has 1 heterocycles. The molecule has 0 saturated carbocycles. The Morgan fingerprint density at radius 1 is 1.40 bits per heavy atom. The molecule has 0 aromatic rings. The van der Waals surface area contributed by atoms with Gasteiger partial charge in [0.1, 0.15) is 0 Å². The molecule has 0 aromatic heterocycles. The highest BCUT2D eigenvalue weighted by Crippen LogP contribution is 2.28. The standard InChI is InChI=1S/C8H12OS/c1-5-4-8(9)7(3)10-6(5)2/h4,6-7H,1-3H3/t6-,7+/m0/s1. The van der Waals surface area contributed by atoms with E-state index in [1.807, 2.05) is 13.8 Å². The molecule has 0 saturated heterocycles. The van der Waals surface area contributed by atoms with Crippen molar-refractivity contribution in [1.29, 1.82) is 0 Å². The van der Waals surface area contributed by atoms with Crippen molar-refractivity contribution in [2.75, 3.05) is 0 Å². The summed E-state index contributed by atoms with van der Waals surface area (Å²) < 4.78 is 0. The van der Waals surface area contributed by atoms with Crippen LogP contribution in [0, 0.1) is 0 Å². The van der Waals surface area contributed by atoms with Crippen molar-refractivity contribution in [3.05, 3.63) is 11.6 Å². The Hall–Kier alpha value is -0.240. The molecule has 0 N–H and O–H groups in total. The zero-order valence-corrected chi connectivity index (χ0v) is 7.37. The normalized spacial score (nSPS) is 33.9. The molecular weight excluding hydrogens is 144 g/mol. The minimum absolute atomic E-state index is 0.165. The van der Waals surface area contributed by atoms with E-state index in [1.54, 1.807) is 17.8 Å². The van der Waals surface area contributed by atoms with Crippen LogP contribution in [0.2, 0.25) is 0 Å². The number of hydrogen-bond donors (Lipinski definition) is 0. The number of thioether (sulfide) groups is 1. The van der Waals surface area contributed by atoms with Crippen LogP contribution < -0.4 is 0 Å². The lowest BCUT2D eigenvalue weighted by atomic mass is 10.1. The molecule has 0 radical (unpaired) electrons. The van der Waals surface area contributed by atoms with Gasteiger partial charge >= 0.3 is 0 Å². The molecule has 0 aromatic carbocycles. The van der Waals surface area contributed by atoms with E-state index in [1.165, 1.54) is 5.57 Å². The lowest BCUT2D eigenvalue weighted by Gasteiger charge is -2.20. The van der Waals surface area contributed by atoms with Crippen molar-refractivity contribution in [1.82, 2.24) is 0 Å². The maximum Gasteiger partial charge on any atom is 0.168 e. The van der Waals surface area contributed by atoms with Crippen LogP contribution in [0.25, 0.3) is 0 Å². The van der Waals surface area contributed by atoms with Gasteiger partial charge in [0, 0.05) is 5.25 Å². The molecule has 56 valence electrons. The SMILES string of the molecule is CC1=CC(=O)[C@@H](C)S[C@H]1C. The molecule has 2 atom stereocenters. The summed E-state index contributed by atoms with van der Waals surface area (Å²) in [5.41, 5.74) is 1.20. The van der Waals surface area contributed by atoms with Crippen molar-refractivity contribution in [3.63, 3.8) is 0 Å². The highest BCUT2D eigenvalue weighted by Gasteiger charge is 2.21. The monoisotopic (exact) mass is 156 g/mol.